The highest BCUT2D eigenvalue weighted by Crippen LogP contribution is 2.39. The zero-order valence-corrected chi connectivity index (χ0v) is 17.7. The van der Waals surface area contributed by atoms with E-state index in [4.69, 9.17) is 15.5 Å². The number of unbranched alkanes of at least 4 members (excludes halogenated alkanes) is 5. The minimum Gasteiger partial charge on any atom is -0.323 e. The van der Waals surface area contributed by atoms with Crippen molar-refractivity contribution >= 4 is 7.82 Å². The van der Waals surface area contributed by atoms with Gasteiger partial charge in [0.1, 0.15) is 0 Å². The van der Waals surface area contributed by atoms with Crippen molar-refractivity contribution in [3.8, 4) is 0 Å². The molecular weight excluding hydrogens is 361 g/mol. The van der Waals surface area contributed by atoms with Crippen LogP contribution in [0.25, 0.3) is 0 Å². The quantitative estimate of drug-likeness (QED) is 0.377. The second-order valence-corrected chi connectivity index (χ2v) is 9.57. The molecule has 0 spiro atoms. The first-order valence-corrected chi connectivity index (χ1v) is 11.8. The lowest BCUT2D eigenvalue weighted by Crippen LogP contribution is -2.50. The third kappa shape index (κ3) is 7.67. The number of phosphoric acid groups is 1. The Kier molecular flexibility index (Phi) is 8.51. The first kappa shape index (κ1) is 22.6. The maximum atomic E-state index is 11.0. The van der Waals surface area contributed by atoms with Gasteiger partial charge in [-0.05, 0) is 61.6 Å². The van der Waals surface area contributed by atoms with Crippen LogP contribution in [0.2, 0.25) is 0 Å². The molecule has 0 aliphatic heterocycles. The standard InChI is InChI=1S/C21H36NO4P/c1-3-4-5-6-7-8-9-17-10-11-19-15-20(13-12-18(19)14-17)21(2,22)16-26-27(23,24)25/h10-11,14,20H,3-9,12-13,15-16,22H2,1-2H3,(H2,23,24,25). The summed E-state index contributed by atoms with van der Waals surface area (Å²) in [5, 5.41) is 0. The zero-order chi connectivity index (χ0) is 19.9. The molecule has 0 amide bonds. The molecule has 0 heterocycles. The van der Waals surface area contributed by atoms with E-state index in [2.05, 4.69) is 29.6 Å². The van der Waals surface area contributed by atoms with Gasteiger partial charge >= 0.3 is 7.82 Å². The molecule has 1 aromatic rings. The predicted molar refractivity (Wildman–Crippen MR) is 110 cm³/mol. The average molecular weight is 397 g/mol. The number of fused-ring (bicyclic) bond motifs is 1. The van der Waals surface area contributed by atoms with Crippen LogP contribution < -0.4 is 5.73 Å². The zero-order valence-electron chi connectivity index (χ0n) is 16.8. The van der Waals surface area contributed by atoms with Gasteiger partial charge in [0, 0.05) is 5.54 Å². The van der Waals surface area contributed by atoms with Crippen LogP contribution in [0.1, 0.15) is 75.5 Å². The second kappa shape index (κ2) is 10.2. The van der Waals surface area contributed by atoms with Gasteiger partial charge in [0.2, 0.25) is 0 Å². The van der Waals surface area contributed by atoms with E-state index in [0.29, 0.717) is 0 Å². The molecule has 0 radical (unpaired) electrons. The van der Waals surface area contributed by atoms with Crippen molar-refractivity contribution in [1.29, 1.82) is 0 Å². The molecule has 2 unspecified atom stereocenters. The van der Waals surface area contributed by atoms with Gasteiger partial charge in [-0.3, -0.25) is 4.52 Å². The first-order valence-electron chi connectivity index (χ1n) is 10.3. The number of rotatable bonds is 11. The molecule has 1 aromatic carbocycles. The molecule has 5 nitrogen and oxygen atoms in total. The molecule has 0 bridgehead atoms. The third-order valence-electron chi connectivity index (χ3n) is 5.79. The Morgan fingerprint density at radius 1 is 1.19 bits per heavy atom. The van der Waals surface area contributed by atoms with Crippen LogP contribution in [-0.4, -0.2) is 21.9 Å². The molecule has 0 fully saturated rings. The van der Waals surface area contributed by atoms with Gasteiger partial charge in [0.25, 0.3) is 0 Å². The lowest BCUT2D eigenvalue weighted by Gasteiger charge is -2.37. The van der Waals surface area contributed by atoms with E-state index in [1.807, 2.05) is 6.92 Å². The minimum absolute atomic E-state index is 0.132. The molecule has 2 atom stereocenters. The second-order valence-electron chi connectivity index (χ2n) is 8.33. The fraction of sp³-hybridized carbons (Fsp3) is 0.714. The van der Waals surface area contributed by atoms with Crippen molar-refractivity contribution < 1.29 is 18.9 Å². The van der Waals surface area contributed by atoms with Gasteiger partial charge in [-0.1, -0.05) is 57.2 Å². The predicted octanol–water partition coefficient (Wildman–Crippen LogP) is 4.52. The number of hydrogen-bond donors (Lipinski definition) is 3. The van der Waals surface area contributed by atoms with Crippen LogP contribution in [0.4, 0.5) is 0 Å². The van der Waals surface area contributed by atoms with E-state index < -0.39 is 13.4 Å². The number of nitrogens with two attached hydrogens (primary N) is 1. The van der Waals surface area contributed by atoms with E-state index in [1.165, 1.54) is 55.2 Å². The van der Waals surface area contributed by atoms with E-state index >= 15 is 0 Å². The van der Waals surface area contributed by atoms with Crippen LogP contribution in [0, 0.1) is 5.92 Å². The largest absolute Gasteiger partial charge is 0.469 e. The Morgan fingerprint density at radius 3 is 2.59 bits per heavy atom. The Hall–Kier alpha value is -0.710. The summed E-state index contributed by atoms with van der Waals surface area (Å²) >= 11 is 0. The molecule has 27 heavy (non-hydrogen) atoms. The average Bonchev–Trinajstić information content (AvgIpc) is 2.62. The van der Waals surface area contributed by atoms with Crippen molar-refractivity contribution in [2.24, 2.45) is 11.7 Å². The highest BCUT2D eigenvalue weighted by atomic mass is 31.2. The Morgan fingerprint density at radius 2 is 1.89 bits per heavy atom. The van der Waals surface area contributed by atoms with E-state index in [0.717, 1.165) is 25.7 Å². The Labute approximate surface area is 163 Å². The Balaban J connectivity index is 1.86. The van der Waals surface area contributed by atoms with Gasteiger partial charge < -0.3 is 15.5 Å². The van der Waals surface area contributed by atoms with E-state index in [-0.39, 0.29) is 12.5 Å². The summed E-state index contributed by atoms with van der Waals surface area (Å²) in [4.78, 5) is 17.9. The first-order chi connectivity index (χ1) is 12.7. The van der Waals surface area contributed by atoms with Gasteiger partial charge in [-0.25, -0.2) is 4.57 Å². The summed E-state index contributed by atoms with van der Waals surface area (Å²) in [6, 6.07) is 6.79. The molecule has 0 saturated heterocycles. The van der Waals surface area contributed by atoms with Crippen LogP contribution >= 0.6 is 7.82 Å². The molecule has 154 valence electrons. The van der Waals surface area contributed by atoms with Crippen LogP contribution in [-0.2, 0) is 28.4 Å². The van der Waals surface area contributed by atoms with E-state index in [9.17, 15) is 4.57 Å². The summed E-state index contributed by atoms with van der Waals surface area (Å²) in [7, 11) is -4.49. The van der Waals surface area contributed by atoms with E-state index in [1.54, 1.807) is 0 Å². The number of hydrogen-bond acceptors (Lipinski definition) is 3. The van der Waals surface area contributed by atoms with Crippen LogP contribution in [0.5, 0.6) is 0 Å². The Bertz CT molecular complexity index is 641. The fourth-order valence-corrected chi connectivity index (χ4v) is 4.42. The fourth-order valence-electron chi connectivity index (χ4n) is 3.98. The lowest BCUT2D eigenvalue weighted by atomic mass is 9.74. The van der Waals surface area contributed by atoms with Crippen molar-refractivity contribution in [2.75, 3.05) is 6.61 Å². The monoisotopic (exact) mass is 397 g/mol. The SMILES string of the molecule is CCCCCCCCc1ccc2c(c1)CCC(C(C)(N)COP(=O)(O)O)C2. The summed E-state index contributed by atoms with van der Waals surface area (Å²) in [6.45, 7) is 3.94. The third-order valence-corrected chi connectivity index (χ3v) is 6.26. The van der Waals surface area contributed by atoms with Crippen molar-refractivity contribution in [1.82, 2.24) is 0 Å². The molecule has 1 aliphatic carbocycles. The maximum absolute atomic E-state index is 11.0. The normalized spacial score (nSPS) is 19.5. The summed E-state index contributed by atoms with van der Waals surface area (Å²) < 4.78 is 15.6. The van der Waals surface area contributed by atoms with Gasteiger partial charge in [-0.15, -0.1) is 0 Å². The topological polar surface area (TPSA) is 92.8 Å². The molecule has 1 aliphatic rings. The molecule has 0 saturated carbocycles. The van der Waals surface area contributed by atoms with Crippen molar-refractivity contribution in [3.05, 3.63) is 34.9 Å². The van der Waals surface area contributed by atoms with Gasteiger partial charge in [-0.2, -0.15) is 0 Å². The minimum atomic E-state index is -4.49. The smallest absolute Gasteiger partial charge is 0.323 e. The molecular formula is C21H36NO4P. The number of aryl methyl sites for hydroxylation is 2. The van der Waals surface area contributed by atoms with Gasteiger partial charge in [0.15, 0.2) is 0 Å². The van der Waals surface area contributed by atoms with Crippen molar-refractivity contribution in [3.63, 3.8) is 0 Å². The molecule has 2 rings (SSSR count). The molecule has 4 N–H and O–H groups in total. The van der Waals surface area contributed by atoms with Crippen molar-refractivity contribution in [2.45, 2.75) is 83.6 Å². The summed E-state index contributed by atoms with van der Waals surface area (Å²) in [5.74, 6) is 0.154. The maximum Gasteiger partial charge on any atom is 0.469 e. The number of benzene rings is 1. The summed E-state index contributed by atoms with van der Waals surface area (Å²) in [5.41, 5.74) is 9.71. The highest BCUT2D eigenvalue weighted by Gasteiger charge is 2.35. The molecule has 0 aromatic heterocycles. The number of phosphoric ester groups is 1. The highest BCUT2D eigenvalue weighted by molar-refractivity contribution is 7.46. The van der Waals surface area contributed by atoms with Crippen LogP contribution in [0.3, 0.4) is 0 Å². The lowest BCUT2D eigenvalue weighted by molar-refractivity contribution is 0.121. The van der Waals surface area contributed by atoms with Gasteiger partial charge in [0.05, 0.1) is 6.61 Å². The molecule has 6 heteroatoms. The summed E-state index contributed by atoms with van der Waals surface area (Å²) in [6.07, 6.45) is 11.8. The van der Waals surface area contributed by atoms with Crippen LogP contribution in [0.15, 0.2) is 18.2 Å².